The van der Waals surface area contributed by atoms with Crippen LogP contribution in [0.15, 0.2) is 12.4 Å². The number of methoxy groups -OCH3 is 1. The van der Waals surface area contributed by atoms with Crippen molar-refractivity contribution in [2.24, 2.45) is 0 Å². The predicted molar refractivity (Wildman–Crippen MR) is 34.0 cm³/mol. The zero-order valence-electron chi connectivity index (χ0n) is 5.61. The molecular formula is C6H7N3O. The van der Waals surface area contributed by atoms with Gasteiger partial charge >= 0.3 is 0 Å². The second kappa shape index (κ2) is 2.99. The molecule has 0 atom stereocenters. The van der Waals surface area contributed by atoms with E-state index in [0.29, 0.717) is 12.6 Å². The van der Waals surface area contributed by atoms with E-state index in [4.69, 9.17) is 10.00 Å². The van der Waals surface area contributed by atoms with Crippen molar-refractivity contribution < 1.29 is 4.74 Å². The minimum Gasteiger partial charge on any atom is -0.364 e. The first-order chi connectivity index (χ1) is 4.88. The van der Waals surface area contributed by atoms with Crippen LogP contribution in [0.2, 0.25) is 0 Å². The smallest absolute Gasteiger partial charge is 0.214 e. The summed E-state index contributed by atoms with van der Waals surface area (Å²) in [6.07, 6.45) is 3.26. The van der Waals surface area contributed by atoms with Crippen molar-refractivity contribution in [3.8, 4) is 6.07 Å². The summed E-state index contributed by atoms with van der Waals surface area (Å²) in [5.74, 6) is 0.377. The van der Waals surface area contributed by atoms with Gasteiger partial charge in [-0.05, 0) is 0 Å². The van der Waals surface area contributed by atoms with Gasteiger partial charge in [0.2, 0.25) is 5.82 Å². The third kappa shape index (κ3) is 1.14. The van der Waals surface area contributed by atoms with E-state index in [1.807, 2.05) is 6.07 Å². The van der Waals surface area contributed by atoms with Crippen molar-refractivity contribution in [3.05, 3.63) is 18.2 Å². The van der Waals surface area contributed by atoms with Crippen LogP contribution in [0.3, 0.4) is 0 Å². The molecule has 1 heterocycles. The molecule has 0 spiro atoms. The Labute approximate surface area is 58.7 Å². The highest BCUT2D eigenvalue weighted by Crippen LogP contribution is 1.93. The van der Waals surface area contributed by atoms with Gasteiger partial charge in [-0.3, -0.25) is 4.57 Å². The first kappa shape index (κ1) is 6.78. The molecule has 0 aliphatic rings. The number of nitrogens with zero attached hydrogens (tertiary/aromatic N) is 3. The zero-order valence-corrected chi connectivity index (χ0v) is 5.61. The minimum absolute atomic E-state index is 0.377. The summed E-state index contributed by atoms with van der Waals surface area (Å²) in [5, 5.41) is 8.45. The molecule has 0 bridgehead atoms. The van der Waals surface area contributed by atoms with E-state index >= 15 is 0 Å². The maximum atomic E-state index is 8.45. The molecule has 0 aromatic carbocycles. The fourth-order valence-electron chi connectivity index (χ4n) is 0.666. The number of hydrogen-bond acceptors (Lipinski definition) is 3. The largest absolute Gasteiger partial charge is 0.364 e. The second-order valence-corrected chi connectivity index (χ2v) is 1.75. The number of nitriles is 1. The van der Waals surface area contributed by atoms with Crippen molar-refractivity contribution in [2.75, 3.05) is 7.11 Å². The van der Waals surface area contributed by atoms with Crippen LogP contribution in [0.5, 0.6) is 0 Å². The van der Waals surface area contributed by atoms with E-state index in [1.165, 1.54) is 0 Å². The molecule has 0 aliphatic heterocycles. The third-order valence-corrected chi connectivity index (χ3v) is 1.08. The minimum atomic E-state index is 0.377. The molecule has 0 saturated carbocycles. The van der Waals surface area contributed by atoms with Crippen LogP contribution < -0.4 is 0 Å². The Morgan fingerprint density at radius 1 is 1.90 bits per heavy atom. The Morgan fingerprint density at radius 2 is 2.70 bits per heavy atom. The van der Waals surface area contributed by atoms with Gasteiger partial charge in [0.05, 0.1) is 0 Å². The first-order valence-corrected chi connectivity index (χ1v) is 2.78. The molecule has 4 heteroatoms. The van der Waals surface area contributed by atoms with Crippen LogP contribution in [0.25, 0.3) is 0 Å². The normalized spacial score (nSPS) is 9.20. The van der Waals surface area contributed by atoms with E-state index in [-0.39, 0.29) is 0 Å². The van der Waals surface area contributed by atoms with Gasteiger partial charge in [-0.15, -0.1) is 0 Å². The first-order valence-electron chi connectivity index (χ1n) is 2.78. The Morgan fingerprint density at radius 3 is 3.30 bits per heavy atom. The Bertz CT molecular complexity index is 248. The summed E-state index contributed by atoms with van der Waals surface area (Å²) in [5.41, 5.74) is 0. The fraction of sp³-hybridized carbons (Fsp3) is 0.333. The lowest BCUT2D eigenvalue weighted by Crippen LogP contribution is -2.00. The number of ether oxygens (including phenoxy) is 1. The SMILES string of the molecule is COCn1ccnc1C#N. The molecule has 0 radical (unpaired) electrons. The molecule has 10 heavy (non-hydrogen) atoms. The van der Waals surface area contributed by atoms with Crippen LogP contribution in [0.1, 0.15) is 5.82 Å². The van der Waals surface area contributed by atoms with Gasteiger partial charge in [0, 0.05) is 19.5 Å². The Kier molecular flexibility index (Phi) is 2.03. The van der Waals surface area contributed by atoms with Gasteiger partial charge in [-0.1, -0.05) is 0 Å². The highest BCUT2D eigenvalue weighted by molar-refractivity contribution is 5.10. The van der Waals surface area contributed by atoms with Gasteiger partial charge in [-0.2, -0.15) is 5.26 Å². The molecule has 52 valence electrons. The summed E-state index contributed by atoms with van der Waals surface area (Å²) in [6.45, 7) is 0.378. The topological polar surface area (TPSA) is 50.8 Å². The third-order valence-electron chi connectivity index (χ3n) is 1.08. The van der Waals surface area contributed by atoms with Crippen LogP contribution in [-0.2, 0) is 11.5 Å². The molecule has 0 N–H and O–H groups in total. The van der Waals surface area contributed by atoms with E-state index in [0.717, 1.165) is 0 Å². The van der Waals surface area contributed by atoms with E-state index in [1.54, 1.807) is 24.1 Å². The van der Waals surface area contributed by atoms with Crippen LogP contribution in [0, 0.1) is 11.3 Å². The lowest BCUT2D eigenvalue weighted by Gasteiger charge is -1.98. The number of rotatable bonds is 2. The molecule has 1 aromatic heterocycles. The number of imidazole rings is 1. The maximum Gasteiger partial charge on any atom is 0.214 e. The number of aromatic nitrogens is 2. The molecule has 0 unspecified atom stereocenters. The van der Waals surface area contributed by atoms with Gasteiger partial charge in [0.25, 0.3) is 0 Å². The summed E-state index contributed by atoms with van der Waals surface area (Å²) in [4.78, 5) is 3.78. The molecule has 0 amide bonds. The highest BCUT2D eigenvalue weighted by Gasteiger charge is 1.97. The zero-order chi connectivity index (χ0) is 7.40. The number of hydrogen-bond donors (Lipinski definition) is 0. The Hall–Kier alpha value is -1.34. The van der Waals surface area contributed by atoms with Gasteiger partial charge in [0.15, 0.2) is 0 Å². The predicted octanol–water partition coefficient (Wildman–Crippen LogP) is 0.359. The van der Waals surface area contributed by atoms with Gasteiger partial charge < -0.3 is 4.74 Å². The molecule has 1 aromatic rings. The van der Waals surface area contributed by atoms with Crippen LogP contribution in [0.4, 0.5) is 0 Å². The lowest BCUT2D eigenvalue weighted by atomic mass is 10.7. The molecule has 4 nitrogen and oxygen atoms in total. The fourth-order valence-corrected chi connectivity index (χ4v) is 0.666. The van der Waals surface area contributed by atoms with Gasteiger partial charge in [0.1, 0.15) is 12.8 Å². The summed E-state index contributed by atoms with van der Waals surface area (Å²) < 4.78 is 6.43. The Balaban J connectivity index is 2.82. The van der Waals surface area contributed by atoms with E-state index in [9.17, 15) is 0 Å². The van der Waals surface area contributed by atoms with Crippen LogP contribution >= 0.6 is 0 Å². The van der Waals surface area contributed by atoms with Crippen molar-refractivity contribution in [3.63, 3.8) is 0 Å². The van der Waals surface area contributed by atoms with Crippen molar-refractivity contribution in [2.45, 2.75) is 6.73 Å². The van der Waals surface area contributed by atoms with Gasteiger partial charge in [-0.25, -0.2) is 4.98 Å². The lowest BCUT2D eigenvalue weighted by molar-refractivity contribution is 0.130. The second-order valence-electron chi connectivity index (χ2n) is 1.75. The standard InChI is InChI=1S/C6H7N3O/c1-10-5-9-3-2-8-6(9)4-7/h2-3H,5H2,1H3. The molecular weight excluding hydrogens is 130 g/mol. The summed E-state index contributed by atoms with van der Waals surface area (Å²) >= 11 is 0. The monoisotopic (exact) mass is 137 g/mol. The molecule has 0 fully saturated rings. The average Bonchev–Trinajstić information content (AvgIpc) is 2.36. The molecule has 0 aliphatic carbocycles. The highest BCUT2D eigenvalue weighted by atomic mass is 16.5. The average molecular weight is 137 g/mol. The van der Waals surface area contributed by atoms with E-state index in [2.05, 4.69) is 4.98 Å². The quantitative estimate of drug-likeness (QED) is 0.591. The van der Waals surface area contributed by atoms with Crippen LogP contribution in [-0.4, -0.2) is 16.7 Å². The summed E-state index contributed by atoms with van der Waals surface area (Å²) in [7, 11) is 1.57. The van der Waals surface area contributed by atoms with Crippen molar-refractivity contribution in [1.82, 2.24) is 9.55 Å². The maximum absolute atomic E-state index is 8.45. The summed E-state index contributed by atoms with van der Waals surface area (Å²) in [6, 6.07) is 1.93. The van der Waals surface area contributed by atoms with Crippen molar-refractivity contribution >= 4 is 0 Å². The molecule has 1 rings (SSSR count). The van der Waals surface area contributed by atoms with E-state index < -0.39 is 0 Å². The molecule has 0 saturated heterocycles. The van der Waals surface area contributed by atoms with Crippen molar-refractivity contribution in [1.29, 1.82) is 5.26 Å².